The molecule has 25 heavy (non-hydrogen) atoms. The van der Waals surface area contributed by atoms with E-state index in [9.17, 15) is 9.59 Å². The second kappa shape index (κ2) is 7.33. The zero-order chi connectivity index (χ0) is 17.9. The molecule has 1 unspecified atom stereocenters. The van der Waals surface area contributed by atoms with Crippen LogP contribution in [0.4, 0.5) is 9.59 Å². The van der Waals surface area contributed by atoms with Gasteiger partial charge in [0.15, 0.2) is 0 Å². The molecule has 2 aliphatic rings. The van der Waals surface area contributed by atoms with Crippen LogP contribution in [0.2, 0.25) is 0 Å². The molecule has 3 rings (SSSR count). The number of benzene rings is 1. The average molecular weight is 344 g/mol. The second-order valence-electron chi connectivity index (χ2n) is 7.45. The SMILES string of the molecule is Cc1ccccc1C1(CNC(=O)N2CCCC(CNC(N)=O)C2)CC1. The molecule has 1 aromatic rings. The van der Waals surface area contributed by atoms with Crippen molar-refractivity contribution < 1.29 is 9.59 Å². The number of likely N-dealkylation sites (tertiary alicyclic amines) is 1. The summed E-state index contributed by atoms with van der Waals surface area (Å²) >= 11 is 0. The van der Waals surface area contributed by atoms with Crippen LogP contribution in [0.1, 0.15) is 36.8 Å². The Labute approximate surface area is 149 Å². The van der Waals surface area contributed by atoms with Crippen LogP contribution in [0.3, 0.4) is 0 Å². The van der Waals surface area contributed by atoms with Gasteiger partial charge in [-0.05, 0) is 49.7 Å². The van der Waals surface area contributed by atoms with E-state index in [0.717, 1.165) is 32.2 Å². The quantitative estimate of drug-likeness (QED) is 0.764. The van der Waals surface area contributed by atoms with E-state index in [1.807, 2.05) is 4.90 Å². The molecule has 1 atom stereocenters. The highest BCUT2D eigenvalue weighted by molar-refractivity contribution is 5.74. The van der Waals surface area contributed by atoms with Crippen molar-refractivity contribution in [2.75, 3.05) is 26.2 Å². The van der Waals surface area contributed by atoms with E-state index < -0.39 is 6.03 Å². The molecule has 4 N–H and O–H groups in total. The van der Waals surface area contributed by atoms with Gasteiger partial charge in [0.25, 0.3) is 0 Å². The fraction of sp³-hybridized carbons (Fsp3) is 0.579. The Morgan fingerprint density at radius 1 is 1.28 bits per heavy atom. The zero-order valence-corrected chi connectivity index (χ0v) is 14.9. The van der Waals surface area contributed by atoms with Gasteiger partial charge in [0.2, 0.25) is 0 Å². The third-order valence-corrected chi connectivity index (χ3v) is 5.52. The maximum absolute atomic E-state index is 12.6. The Morgan fingerprint density at radius 2 is 2.04 bits per heavy atom. The smallest absolute Gasteiger partial charge is 0.317 e. The number of carbonyl (C=O) groups is 2. The molecule has 1 aliphatic carbocycles. The van der Waals surface area contributed by atoms with E-state index in [1.165, 1.54) is 11.1 Å². The average Bonchev–Trinajstić information content (AvgIpc) is 3.39. The van der Waals surface area contributed by atoms with Crippen molar-refractivity contribution in [3.63, 3.8) is 0 Å². The van der Waals surface area contributed by atoms with Crippen LogP contribution < -0.4 is 16.4 Å². The molecule has 0 aromatic heterocycles. The fourth-order valence-corrected chi connectivity index (χ4v) is 3.88. The van der Waals surface area contributed by atoms with Crippen LogP contribution in [0.15, 0.2) is 24.3 Å². The molecule has 1 saturated heterocycles. The first-order chi connectivity index (χ1) is 12.0. The van der Waals surface area contributed by atoms with Gasteiger partial charge in [-0.1, -0.05) is 24.3 Å². The van der Waals surface area contributed by atoms with E-state index in [1.54, 1.807) is 0 Å². The summed E-state index contributed by atoms with van der Waals surface area (Å²) in [6.45, 7) is 4.81. The van der Waals surface area contributed by atoms with Gasteiger partial charge in [0, 0.05) is 31.6 Å². The Hall–Kier alpha value is -2.24. The Bertz CT molecular complexity index is 642. The minimum Gasteiger partial charge on any atom is -0.352 e. The maximum atomic E-state index is 12.6. The Morgan fingerprint density at radius 3 is 2.72 bits per heavy atom. The first kappa shape index (κ1) is 17.6. The van der Waals surface area contributed by atoms with Crippen LogP contribution in [-0.4, -0.2) is 43.1 Å². The lowest BCUT2D eigenvalue weighted by molar-refractivity contribution is 0.164. The molecule has 1 heterocycles. The summed E-state index contributed by atoms with van der Waals surface area (Å²) in [5.41, 5.74) is 7.90. The van der Waals surface area contributed by atoms with E-state index in [0.29, 0.717) is 19.6 Å². The number of hydrogen-bond acceptors (Lipinski definition) is 2. The summed E-state index contributed by atoms with van der Waals surface area (Å²) < 4.78 is 0. The second-order valence-corrected chi connectivity index (χ2v) is 7.45. The van der Waals surface area contributed by atoms with Gasteiger partial charge >= 0.3 is 12.1 Å². The summed E-state index contributed by atoms with van der Waals surface area (Å²) in [6.07, 6.45) is 4.23. The first-order valence-electron chi connectivity index (χ1n) is 9.12. The van der Waals surface area contributed by atoms with Crippen molar-refractivity contribution in [1.82, 2.24) is 15.5 Å². The summed E-state index contributed by atoms with van der Waals surface area (Å²) in [4.78, 5) is 25.3. The lowest BCUT2D eigenvalue weighted by atomic mass is 9.92. The molecule has 1 aromatic carbocycles. The molecule has 4 amide bonds. The largest absolute Gasteiger partial charge is 0.352 e. The van der Waals surface area contributed by atoms with Crippen molar-refractivity contribution in [2.45, 2.75) is 38.0 Å². The lowest BCUT2D eigenvalue weighted by Crippen LogP contribution is -2.49. The number of aryl methyl sites for hydroxylation is 1. The molecule has 0 bridgehead atoms. The van der Waals surface area contributed by atoms with Crippen molar-refractivity contribution >= 4 is 12.1 Å². The number of primary amides is 1. The standard InChI is InChI=1S/C19H28N4O2/c1-14-5-2-3-7-16(14)19(8-9-19)13-22-18(25)23-10-4-6-15(12-23)11-21-17(20)24/h2-3,5,7,15H,4,6,8-13H2,1H3,(H,22,25)(H3,20,21,24). The minimum atomic E-state index is -0.504. The van der Waals surface area contributed by atoms with Gasteiger partial charge in [-0.15, -0.1) is 0 Å². The fourth-order valence-electron chi connectivity index (χ4n) is 3.88. The van der Waals surface area contributed by atoms with Crippen LogP contribution in [0.5, 0.6) is 0 Å². The number of nitrogens with zero attached hydrogens (tertiary/aromatic N) is 1. The Balaban J connectivity index is 1.52. The van der Waals surface area contributed by atoms with Crippen LogP contribution >= 0.6 is 0 Å². The molecular weight excluding hydrogens is 316 g/mol. The molecule has 6 heteroatoms. The summed E-state index contributed by atoms with van der Waals surface area (Å²) in [6, 6.07) is 7.95. The third-order valence-electron chi connectivity index (χ3n) is 5.52. The van der Waals surface area contributed by atoms with Crippen LogP contribution in [0, 0.1) is 12.8 Å². The highest BCUT2D eigenvalue weighted by atomic mass is 16.2. The molecular formula is C19H28N4O2. The molecule has 0 spiro atoms. The highest BCUT2D eigenvalue weighted by Crippen LogP contribution is 2.48. The Kier molecular flexibility index (Phi) is 5.16. The van der Waals surface area contributed by atoms with Gasteiger partial charge in [0.1, 0.15) is 0 Å². The minimum absolute atomic E-state index is 0.00336. The molecule has 1 saturated carbocycles. The van der Waals surface area contributed by atoms with Gasteiger partial charge in [-0.2, -0.15) is 0 Å². The number of hydrogen-bond donors (Lipinski definition) is 3. The van der Waals surface area contributed by atoms with E-state index in [-0.39, 0.29) is 17.4 Å². The summed E-state index contributed by atoms with van der Waals surface area (Å²) in [7, 11) is 0. The summed E-state index contributed by atoms with van der Waals surface area (Å²) in [5, 5.41) is 5.79. The van der Waals surface area contributed by atoms with E-state index >= 15 is 0 Å². The predicted octanol–water partition coefficient (Wildman–Crippen LogP) is 2.12. The van der Waals surface area contributed by atoms with E-state index in [2.05, 4.69) is 41.8 Å². The number of piperidine rings is 1. The molecule has 2 fully saturated rings. The number of nitrogens with one attached hydrogen (secondary N) is 2. The van der Waals surface area contributed by atoms with Crippen molar-refractivity contribution in [1.29, 1.82) is 0 Å². The summed E-state index contributed by atoms with van der Waals surface area (Å²) in [5.74, 6) is 0.276. The van der Waals surface area contributed by atoms with Gasteiger partial charge < -0.3 is 21.3 Å². The third kappa shape index (κ3) is 4.24. The first-order valence-corrected chi connectivity index (χ1v) is 9.12. The van der Waals surface area contributed by atoms with Crippen molar-refractivity contribution in [2.24, 2.45) is 11.7 Å². The monoisotopic (exact) mass is 344 g/mol. The topological polar surface area (TPSA) is 87.5 Å². The lowest BCUT2D eigenvalue weighted by Gasteiger charge is -2.33. The van der Waals surface area contributed by atoms with Crippen molar-refractivity contribution in [3.8, 4) is 0 Å². The van der Waals surface area contributed by atoms with Gasteiger partial charge in [0.05, 0.1) is 0 Å². The number of carbonyl (C=O) groups excluding carboxylic acids is 2. The van der Waals surface area contributed by atoms with Crippen LogP contribution in [-0.2, 0) is 5.41 Å². The normalized spacial score (nSPS) is 21.5. The number of urea groups is 2. The van der Waals surface area contributed by atoms with Crippen LogP contribution in [0.25, 0.3) is 0 Å². The molecule has 6 nitrogen and oxygen atoms in total. The van der Waals surface area contributed by atoms with E-state index in [4.69, 9.17) is 5.73 Å². The number of rotatable bonds is 5. The number of amides is 4. The van der Waals surface area contributed by atoms with Gasteiger partial charge in [-0.25, -0.2) is 9.59 Å². The molecule has 136 valence electrons. The van der Waals surface area contributed by atoms with Crippen molar-refractivity contribution in [3.05, 3.63) is 35.4 Å². The molecule has 0 radical (unpaired) electrons. The number of nitrogens with two attached hydrogens (primary N) is 1. The predicted molar refractivity (Wildman–Crippen MR) is 97.4 cm³/mol. The molecule has 1 aliphatic heterocycles. The van der Waals surface area contributed by atoms with Gasteiger partial charge in [-0.3, -0.25) is 0 Å². The maximum Gasteiger partial charge on any atom is 0.317 e. The highest BCUT2D eigenvalue weighted by Gasteiger charge is 2.45. The zero-order valence-electron chi connectivity index (χ0n) is 14.9.